The number of fused-ring (bicyclic) bond motifs is 1. The molecule has 114 valence electrons. The molecule has 0 saturated heterocycles. The number of hydrogen-bond acceptors (Lipinski definition) is 2. The number of nitrogens with two attached hydrogens (primary N) is 1. The van der Waals surface area contributed by atoms with Crippen molar-refractivity contribution >= 4 is 11.0 Å². The van der Waals surface area contributed by atoms with E-state index in [1.807, 2.05) is 0 Å². The van der Waals surface area contributed by atoms with E-state index in [0.29, 0.717) is 0 Å². The Kier molecular flexibility index (Phi) is 3.74. The summed E-state index contributed by atoms with van der Waals surface area (Å²) >= 11 is 0. The Morgan fingerprint density at radius 1 is 1.43 bits per heavy atom. The number of hydrogen-bond donors (Lipinski definition) is 1. The molecule has 0 radical (unpaired) electrons. The molecular weight excluding hydrogens is 265 g/mol. The fourth-order valence-electron chi connectivity index (χ4n) is 3.62. The first kappa shape index (κ1) is 14.5. The van der Waals surface area contributed by atoms with Crippen molar-refractivity contribution in [2.24, 2.45) is 5.73 Å². The molecule has 0 aliphatic heterocycles. The average molecular weight is 289 g/mol. The molecule has 2 N–H and O–H groups in total. The van der Waals surface area contributed by atoms with Crippen molar-refractivity contribution < 1.29 is 4.39 Å². The second-order valence-corrected chi connectivity index (χ2v) is 6.49. The minimum atomic E-state index is -0.204. The molecule has 4 heteroatoms. The molecule has 3 rings (SSSR count). The van der Waals surface area contributed by atoms with Gasteiger partial charge in [-0.15, -0.1) is 0 Å². The zero-order valence-corrected chi connectivity index (χ0v) is 12.9. The van der Waals surface area contributed by atoms with Crippen molar-refractivity contribution in [1.82, 2.24) is 9.55 Å². The number of halogens is 1. The molecule has 1 saturated carbocycles. The highest BCUT2D eigenvalue weighted by molar-refractivity contribution is 5.76. The van der Waals surface area contributed by atoms with E-state index < -0.39 is 0 Å². The molecule has 21 heavy (non-hydrogen) atoms. The normalized spacial score (nSPS) is 26.4. The number of aryl methyl sites for hydroxylation is 1. The Hall–Kier alpha value is -1.42. The maximum absolute atomic E-state index is 13.6. The maximum atomic E-state index is 13.6. The van der Waals surface area contributed by atoms with E-state index in [0.717, 1.165) is 42.7 Å². The predicted molar refractivity (Wildman–Crippen MR) is 83.8 cm³/mol. The summed E-state index contributed by atoms with van der Waals surface area (Å²) in [5.41, 5.74) is 8.09. The Bertz CT molecular complexity index is 649. The molecule has 1 aliphatic carbocycles. The zero-order chi connectivity index (χ0) is 15.0. The van der Waals surface area contributed by atoms with Gasteiger partial charge in [0.2, 0.25) is 0 Å². The second-order valence-electron chi connectivity index (χ2n) is 6.49. The van der Waals surface area contributed by atoms with Gasteiger partial charge in [-0.2, -0.15) is 0 Å². The van der Waals surface area contributed by atoms with Gasteiger partial charge in [-0.05, 0) is 37.5 Å². The zero-order valence-electron chi connectivity index (χ0n) is 12.9. The minimum Gasteiger partial charge on any atom is -0.327 e. The predicted octanol–water partition coefficient (Wildman–Crippen LogP) is 3.74. The van der Waals surface area contributed by atoms with Gasteiger partial charge in [-0.25, -0.2) is 9.37 Å². The summed E-state index contributed by atoms with van der Waals surface area (Å²) in [6.07, 6.45) is 5.48. The largest absolute Gasteiger partial charge is 0.327 e. The second kappa shape index (κ2) is 5.41. The van der Waals surface area contributed by atoms with Gasteiger partial charge in [0, 0.05) is 18.0 Å². The Balaban J connectivity index is 2.18. The third-order valence-electron chi connectivity index (χ3n) is 4.95. The third kappa shape index (κ3) is 2.35. The first-order valence-corrected chi connectivity index (χ1v) is 7.98. The molecule has 1 fully saturated rings. The summed E-state index contributed by atoms with van der Waals surface area (Å²) in [5, 5.41) is 0. The van der Waals surface area contributed by atoms with Crippen LogP contribution >= 0.6 is 0 Å². The van der Waals surface area contributed by atoms with Crippen LogP contribution in [0.1, 0.15) is 51.8 Å². The highest BCUT2D eigenvalue weighted by Crippen LogP contribution is 2.39. The van der Waals surface area contributed by atoms with E-state index in [2.05, 4.69) is 18.4 Å². The number of aromatic nitrogens is 2. The summed E-state index contributed by atoms with van der Waals surface area (Å²) in [7, 11) is 0. The van der Waals surface area contributed by atoms with E-state index in [1.54, 1.807) is 12.1 Å². The van der Waals surface area contributed by atoms with Crippen molar-refractivity contribution in [3.8, 4) is 0 Å². The lowest BCUT2D eigenvalue weighted by molar-refractivity contribution is 0.252. The highest BCUT2D eigenvalue weighted by Gasteiger charge is 2.39. The van der Waals surface area contributed by atoms with Crippen LogP contribution in [0.5, 0.6) is 0 Å². The summed E-state index contributed by atoms with van der Waals surface area (Å²) < 4.78 is 15.8. The fraction of sp³-hybridized carbons (Fsp3) is 0.588. The van der Waals surface area contributed by atoms with E-state index in [4.69, 9.17) is 10.7 Å². The van der Waals surface area contributed by atoms with Crippen LogP contribution < -0.4 is 5.73 Å². The lowest BCUT2D eigenvalue weighted by Crippen LogP contribution is -2.47. The summed E-state index contributed by atoms with van der Waals surface area (Å²) in [6.45, 7) is 5.22. The van der Waals surface area contributed by atoms with Crippen molar-refractivity contribution in [3.63, 3.8) is 0 Å². The minimum absolute atomic E-state index is 0.108. The van der Waals surface area contributed by atoms with Crippen LogP contribution in [0.2, 0.25) is 0 Å². The smallest absolute Gasteiger partial charge is 0.125 e. The van der Waals surface area contributed by atoms with E-state index in [9.17, 15) is 4.39 Å². The molecule has 3 nitrogen and oxygen atoms in total. The quantitative estimate of drug-likeness (QED) is 0.935. The van der Waals surface area contributed by atoms with Gasteiger partial charge >= 0.3 is 0 Å². The van der Waals surface area contributed by atoms with Crippen molar-refractivity contribution in [2.45, 2.75) is 64.0 Å². The van der Waals surface area contributed by atoms with Gasteiger partial charge in [0.25, 0.3) is 0 Å². The van der Waals surface area contributed by atoms with Gasteiger partial charge < -0.3 is 10.3 Å². The fourth-order valence-corrected chi connectivity index (χ4v) is 3.62. The molecule has 2 atom stereocenters. The van der Waals surface area contributed by atoms with E-state index in [1.165, 1.54) is 18.9 Å². The van der Waals surface area contributed by atoms with Crippen LogP contribution in [-0.4, -0.2) is 15.6 Å². The van der Waals surface area contributed by atoms with Gasteiger partial charge in [-0.1, -0.05) is 26.7 Å². The molecule has 1 heterocycles. The van der Waals surface area contributed by atoms with Crippen LogP contribution in [0.4, 0.5) is 4.39 Å². The molecule has 2 unspecified atom stereocenters. The summed E-state index contributed by atoms with van der Waals surface area (Å²) in [5.74, 6) is 0.835. The Morgan fingerprint density at radius 2 is 2.24 bits per heavy atom. The molecule has 1 aromatic carbocycles. The topological polar surface area (TPSA) is 43.8 Å². The first-order valence-electron chi connectivity index (χ1n) is 7.98. The van der Waals surface area contributed by atoms with E-state index >= 15 is 0 Å². The number of benzene rings is 1. The Morgan fingerprint density at radius 3 is 2.95 bits per heavy atom. The number of rotatable bonds is 3. The molecule has 0 amide bonds. The van der Waals surface area contributed by atoms with Gasteiger partial charge in [-0.3, -0.25) is 0 Å². The Labute approximate surface area is 125 Å². The standard InChI is InChI=1S/C17H24FN3/c1-3-10-21-14-11-12(18)7-8-13(14)20-16(21)17(2)9-5-4-6-15(17)19/h7-8,11,15H,3-6,9-10,19H2,1-2H3. The maximum Gasteiger partial charge on any atom is 0.125 e. The molecule has 1 aliphatic rings. The van der Waals surface area contributed by atoms with E-state index in [-0.39, 0.29) is 17.3 Å². The first-order chi connectivity index (χ1) is 10.1. The average Bonchev–Trinajstić information content (AvgIpc) is 2.82. The van der Waals surface area contributed by atoms with Crippen LogP contribution in [0.15, 0.2) is 18.2 Å². The van der Waals surface area contributed by atoms with Crippen molar-refractivity contribution in [3.05, 3.63) is 29.8 Å². The lowest BCUT2D eigenvalue weighted by Gasteiger charge is -2.39. The van der Waals surface area contributed by atoms with Crippen LogP contribution in [0.3, 0.4) is 0 Å². The van der Waals surface area contributed by atoms with Crippen LogP contribution in [0.25, 0.3) is 11.0 Å². The highest BCUT2D eigenvalue weighted by atomic mass is 19.1. The summed E-state index contributed by atoms with van der Waals surface area (Å²) in [6, 6.07) is 4.99. The van der Waals surface area contributed by atoms with Gasteiger partial charge in [0.05, 0.1) is 11.0 Å². The molecule has 2 aromatic rings. The van der Waals surface area contributed by atoms with Crippen molar-refractivity contribution in [1.29, 1.82) is 0 Å². The van der Waals surface area contributed by atoms with Crippen LogP contribution in [-0.2, 0) is 12.0 Å². The third-order valence-corrected chi connectivity index (χ3v) is 4.95. The van der Waals surface area contributed by atoms with Gasteiger partial charge in [0.15, 0.2) is 0 Å². The number of nitrogens with zero attached hydrogens (tertiary/aromatic N) is 2. The summed E-state index contributed by atoms with van der Waals surface area (Å²) in [4.78, 5) is 4.83. The van der Waals surface area contributed by atoms with Crippen molar-refractivity contribution in [2.75, 3.05) is 0 Å². The lowest BCUT2D eigenvalue weighted by atomic mass is 9.71. The SMILES string of the molecule is CCCn1c(C2(C)CCCCC2N)nc2ccc(F)cc21. The molecule has 0 bridgehead atoms. The molecule has 0 spiro atoms. The van der Waals surface area contributed by atoms with Gasteiger partial charge in [0.1, 0.15) is 11.6 Å². The monoisotopic (exact) mass is 289 g/mol. The van der Waals surface area contributed by atoms with Crippen LogP contribution in [0, 0.1) is 5.82 Å². The number of imidazole rings is 1. The molecule has 1 aromatic heterocycles. The molecular formula is C17H24FN3.